The number of piperidine rings is 1. The zero-order valence-corrected chi connectivity index (χ0v) is 16.4. The molecule has 2 aromatic carbocycles. The van der Waals surface area contributed by atoms with E-state index >= 15 is 0 Å². The lowest BCUT2D eigenvalue weighted by Gasteiger charge is -2.30. The van der Waals surface area contributed by atoms with Crippen molar-refractivity contribution in [3.63, 3.8) is 0 Å². The fourth-order valence-corrected chi connectivity index (χ4v) is 3.18. The maximum absolute atomic E-state index is 12.4. The molecule has 162 valence electrons. The summed E-state index contributed by atoms with van der Waals surface area (Å²) >= 11 is 0. The van der Waals surface area contributed by atoms with E-state index < -0.39 is 30.8 Å². The van der Waals surface area contributed by atoms with E-state index in [0.29, 0.717) is 11.3 Å². The molecule has 0 N–H and O–H groups in total. The number of amides is 1. The molecule has 0 unspecified atom stereocenters. The van der Waals surface area contributed by atoms with Crippen molar-refractivity contribution in [1.29, 1.82) is 5.26 Å². The molecule has 0 aliphatic carbocycles. The average molecular weight is 432 g/mol. The molecule has 2 aromatic rings. The quantitative estimate of drug-likeness (QED) is 0.524. The van der Waals surface area contributed by atoms with Crippen molar-refractivity contribution in [1.82, 2.24) is 4.90 Å². The number of hydrogen-bond donors (Lipinski definition) is 0. The van der Waals surface area contributed by atoms with Crippen LogP contribution in [0.1, 0.15) is 18.4 Å². The van der Waals surface area contributed by atoms with Crippen LogP contribution in [-0.4, -0.2) is 42.8 Å². The van der Waals surface area contributed by atoms with Crippen LogP contribution in [-0.2, 0) is 9.53 Å². The van der Waals surface area contributed by atoms with Crippen LogP contribution in [0.4, 0.5) is 18.0 Å². The van der Waals surface area contributed by atoms with Gasteiger partial charge in [-0.2, -0.15) is 18.4 Å². The number of nitrogens with zero attached hydrogens (tertiary/aromatic N) is 2. The smallest absolute Gasteiger partial charge is 0.422 e. The lowest BCUT2D eigenvalue weighted by atomic mass is 9.97. The topological polar surface area (TPSA) is 79.6 Å². The van der Waals surface area contributed by atoms with Gasteiger partial charge in [0.05, 0.1) is 17.6 Å². The van der Waals surface area contributed by atoms with E-state index in [0.717, 1.165) is 16.0 Å². The molecule has 1 heterocycles. The number of carbonyl (C=O) groups is 2. The molecule has 0 saturated carbocycles. The summed E-state index contributed by atoms with van der Waals surface area (Å²) in [7, 11) is 0. The van der Waals surface area contributed by atoms with Crippen LogP contribution >= 0.6 is 0 Å². The molecule has 0 aromatic heterocycles. The standard InChI is InChI=1S/C22H19F3N2O4/c23-22(24,25)14-30-21(29)27-11-9-18(10-12-27)20(28)31-19-7-5-17(6-8-19)16-3-1-15(13-26)2-4-16/h1-8,18H,9-12,14H2. The molecule has 1 aliphatic heterocycles. The normalized spacial score (nSPS) is 14.6. The summed E-state index contributed by atoms with van der Waals surface area (Å²) in [5.41, 5.74) is 2.38. The molecule has 31 heavy (non-hydrogen) atoms. The first-order chi connectivity index (χ1) is 14.7. The molecule has 9 heteroatoms. The zero-order chi connectivity index (χ0) is 22.4. The van der Waals surface area contributed by atoms with Gasteiger partial charge < -0.3 is 14.4 Å². The highest BCUT2D eigenvalue weighted by Crippen LogP contribution is 2.25. The molecule has 0 spiro atoms. The average Bonchev–Trinajstić information content (AvgIpc) is 2.77. The van der Waals surface area contributed by atoms with E-state index in [9.17, 15) is 22.8 Å². The van der Waals surface area contributed by atoms with Crippen LogP contribution in [0.25, 0.3) is 11.1 Å². The maximum atomic E-state index is 12.4. The van der Waals surface area contributed by atoms with Crippen molar-refractivity contribution in [2.45, 2.75) is 19.0 Å². The second kappa shape index (κ2) is 9.51. The Balaban J connectivity index is 1.49. The molecule has 1 saturated heterocycles. The number of alkyl halides is 3. The molecule has 1 fully saturated rings. The molecule has 0 atom stereocenters. The van der Waals surface area contributed by atoms with Crippen molar-refractivity contribution in [3.05, 3.63) is 54.1 Å². The van der Waals surface area contributed by atoms with Crippen LogP contribution in [0.5, 0.6) is 5.75 Å². The van der Waals surface area contributed by atoms with Crippen molar-refractivity contribution < 1.29 is 32.2 Å². The summed E-state index contributed by atoms with van der Waals surface area (Å²) < 4.78 is 46.1. The predicted octanol–water partition coefficient (Wildman–Crippen LogP) is 4.54. The zero-order valence-electron chi connectivity index (χ0n) is 16.4. The summed E-state index contributed by atoms with van der Waals surface area (Å²) in [6, 6.07) is 16.1. The van der Waals surface area contributed by atoms with Crippen LogP contribution in [0.3, 0.4) is 0 Å². The van der Waals surface area contributed by atoms with Gasteiger partial charge in [0.15, 0.2) is 6.61 Å². The number of rotatable bonds is 4. The van der Waals surface area contributed by atoms with E-state index in [-0.39, 0.29) is 25.9 Å². The minimum absolute atomic E-state index is 0.119. The first-order valence-electron chi connectivity index (χ1n) is 9.56. The summed E-state index contributed by atoms with van der Waals surface area (Å²) in [5.74, 6) is -0.534. The minimum atomic E-state index is -4.58. The van der Waals surface area contributed by atoms with Crippen LogP contribution in [0.2, 0.25) is 0 Å². The number of nitriles is 1. The third-order valence-electron chi connectivity index (χ3n) is 4.87. The number of ether oxygens (including phenoxy) is 2. The fourth-order valence-electron chi connectivity index (χ4n) is 3.18. The van der Waals surface area contributed by atoms with Gasteiger partial charge in [-0.3, -0.25) is 4.79 Å². The first-order valence-corrected chi connectivity index (χ1v) is 9.56. The largest absolute Gasteiger partial charge is 0.440 e. The van der Waals surface area contributed by atoms with Crippen LogP contribution < -0.4 is 4.74 Å². The molecule has 1 amide bonds. The highest BCUT2D eigenvalue weighted by atomic mass is 19.4. The number of carbonyl (C=O) groups excluding carboxylic acids is 2. The van der Waals surface area contributed by atoms with E-state index in [1.807, 2.05) is 12.1 Å². The Labute approximate surface area is 176 Å². The number of esters is 1. The molecular weight excluding hydrogens is 413 g/mol. The van der Waals surface area contributed by atoms with E-state index in [1.54, 1.807) is 36.4 Å². The third-order valence-corrected chi connectivity index (χ3v) is 4.87. The van der Waals surface area contributed by atoms with E-state index in [2.05, 4.69) is 10.8 Å². The van der Waals surface area contributed by atoms with Gasteiger partial charge in [-0.1, -0.05) is 24.3 Å². The van der Waals surface area contributed by atoms with Crippen LogP contribution in [0, 0.1) is 17.2 Å². The van der Waals surface area contributed by atoms with Crippen molar-refractivity contribution >= 4 is 12.1 Å². The van der Waals surface area contributed by atoms with Crippen LogP contribution in [0.15, 0.2) is 48.5 Å². The summed E-state index contributed by atoms with van der Waals surface area (Å²) in [6.07, 6.45) is -5.05. The van der Waals surface area contributed by atoms with E-state index in [1.165, 1.54) is 0 Å². The second-order valence-electron chi connectivity index (χ2n) is 7.07. The molecule has 6 nitrogen and oxygen atoms in total. The molecule has 0 radical (unpaired) electrons. The Morgan fingerprint density at radius 1 is 1.00 bits per heavy atom. The number of hydrogen-bond acceptors (Lipinski definition) is 5. The Morgan fingerprint density at radius 3 is 2.06 bits per heavy atom. The Hall–Kier alpha value is -3.54. The van der Waals surface area contributed by atoms with Crippen molar-refractivity contribution in [2.75, 3.05) is 19.7 Å². The number of benzene rings is 2. The Kier molecular flexibility index (Phi) is 6.80. The first kappa shape index (κ1) is 22.2. The fraction of sp³-hybridized carbons (Fsp3) is 0.318. The third kappa shape index (κ3) is 6.22. The summed E-state index contributed by atoms with van der Waals surface area (Å²) in [4.78, 5) is 25.2. The predicted molar refractivity (Wildman–Crippen MR) is 104 cm³/mol. The van der Waals surface area contributed by atoms with Gasteiger partial charge in [-0.05, 0) is 48.2 Å². The second-order valence-corrected chi connectivity index (χ2v) is 7.07. The Morgan fingerprint density at radius 2 is 1.55 bits per heavy atom. The van der Waals surface area contributed by atoms with Gasteiger partial charge in [-0.15, -0.1) is 0 Å². The minimum Gasteiger partial charge on any atom is -0.440 e. The molecule has 3 rings (SSSR count). The van der Waals surface area contributed by atoms with Gasteiger partial charge in [-0.25, -0.2) is 4.79 Å². The SMILES string of the molecule is N#Cc1ccc(-c2ccc(OC(=O)C3CCN(C(=O)OCC(F)(F)F)CC3)cc2)cc1. The molecule has 0 bridgehead atoms. The lowest BCUT2D eigenvalue weighted by molar-refractivity contribution is -0.162. The van der Waals surface area contributed by atoms with Gasteiger partial charge >= 0.3 is 18.2 Å². The summed E-state index contributed by atoms with van der Waals surface area (Å²) in [5, 5.41) is 8.86. The number of halogens is 3. The maximum Gasteiger partial charge on any atom is 0.422 e. The molecule has 1 aliphatic rings. The lowest BCUT2D eigenvalue weighted by Crippen LogP contribution is -2.42. The van der Waals surface area contributed by atoms with Crippen molar-refractivity contribution in [2.24, 2.45) is 5.92 Å². The highest BCUT2D eigenvalue weighted by molar-refractivity contribution is 5.76. The molecular formula is C22H19F3N2O4. The summed E-state index contributed by atoms with van der Waals surface area (Å²) in [6.45, 7) is -1.39. The van der Waals surface area contributed by atoms with Crippen molar-refractivity contribution in [3.8, 4) is 22.9 Å². The van der Waals surface area contributed by atoms with Gasteiger partial charge in [0.25, 0.3) is 0 Å². The monoisotopic (exact) mass is 432 g/mol. The van der Waals surface area contributed by atoms with E-state index in [4.69, 9.17) is 10.00 Å². The van der Waals surface area contributed by atoms with Gasteiger partial charge in [0.2, 0.25) is 0 Å². The van der Waals surface area contributed by atoms with Gasteiger partial charge in [0, 0.05) is 13.1 Å². The highest BCUT2D eigenvalue weighted by Gasteiger charge is 2.33. The number of likely N-dealkylation sites (tertiary alicyclic amines) is 1. The Bertz CT molecular complexity index is 958. The van der Waals surface area contributed by atoms with Gasteiger partial charge in [0.1, 0.15) is 5.75 Å².